The molecule has 0 unspecified atom stereocenters. The van der Waals surface area contributed by atoms with Crippen molar-refractivity contribution < 1.29 is 8.78 Å². The van der Waals surface area contributed by atoms with Gasteiger partial charge in [0.1, 0.15) is 11.6 Å². The lowest BCUT2D eigenvalue weighted by Gasteiger charge is -2.32. The average Bonchev–Trinajstić information content (AvgIpc) is 2.65. The van der Waals surface area contributed by atoms with E-state index in [4.69, 9.17) is 0 Å². The van der Waals surface area contributed by atoms with Crippen molar-refractivity contribution >= 4 is 10.9 Å². The van der Waals surface area contributed by atoms with Crippen molar-refractivity contribution in [3.63, 3.8) is 0 Å². The maximum atomic E-state index is 13.3. The summed E-state index contributed by atoms with van der Waals surface area (Å²) in [6.07, 6.45) is 3.47. The fourth-order valence-electron chi connectivity index (χ4n) is 3.76. The van der Waals surface area contributed by atoms with Gasteiger partial charge in [0.25, 0.3) is 5.56 Å². The Bertz CT molecular complexity index is 1010. The molecule has 0 spiro atoms. The topological polar surface area (TPSA) is 38.1 Å². The zero-order chi connectivity index (χ0) is 18.8. The molecule has 1 saturated heterocycles. The predicted molar refractivity (Wildman–Crippen MR) is 100 cm³/mol. The molecule has 0 amide bonds. The molecule has 0 N–H and O–H groups in total. The molecule has 6 heteroatoms. The molecule has 0 aliphatic carbocycles. The third-order valence-corrected chi connectivity index (χ3v) is 5.24. The van der Waals surface area contributed by atoms with Gasteiger partial charge < -0.3 is 0 Å². The highest BCUT2D eigenvalue weighted by molar-refractivity contribution is 5.77. The Labute approximate surface area is 156 Å². The highest BCUT2D eigenvalue weighted by atomic mass is 19.1. The fourth-order valence-corrected chi connectivity index (χ4v) is 3.76. The van der Waals surface area contributed by atoms with Crippen LogP contribution in [0.1, 0.15) is 18.4 Å². The third-order valence-electron chi connectivity index (χ3n) is 5.24. The summed E-state index contributed by atoms with van der Waals surface area (Å²) < 4.78 is 28.2. The molecule has 1 aliphatic heterocycles. The number of hydrogen-bond donors (Lipinski definition) is 0. The number of halogens is 2. The van der Waals surface area contributed by atoms with Crippen molar-refractivity contribution in [2.75, 3.05) is 13.1 Å². The van der Waals surface area contributed by atoms with Crippen LogP contribution in [-0.2, 0) is 13.1 Å². The van der Waals surface area contributed by atoms with Crippen LogP contribution in [0.15, 0.2) is 53.6 Å². The molecule has 1 fully saturated rings. The molecule has 1 aliphatic rings. The first-order valence-electron chi connectivity index (χ1n) is 9.20. The minimum Gasteiger partial charge on any atom is -0.299 e. The van der Waals surface area contributed by atoms with Gasteiger partial charge in [-0.1, -0.05) is 12.1 Å². The van der Waals surface area contributed by atoms with Crippen LogP contribution in [0.5, 0.6) is 0 Å². The highest BCUT2D eigenvalue weighted by Crippen LogP contribution is 2.21. The summed E-state index contributed by atoms with van der Waals surface area (Å²) in [6.45, 7) is 3.20. The smallest absolute Gasteiger partial charge is 0.261 e. The number of piperidine rings is 1. The Morgan fingerprint density at radius 3 is 2.59 bits per heavy atom. The van der Waals surface area contributed by atoms with Crippen molar-refractivity contribution in [2.24, 2.45) is 5.92 Å². The van der Waals surface area contributed by atoms with E-state index in [1.54, 1.807) is 16.7 Å². The van der Waals surface area contributed by atoms with Gasteiger partial charge in [-0.15, -0.1) is 0 Å². The van der Waals surface area contributed by atoms with Gasteiger partial charge >= 0.3 is 0 Å². The van der Waals surface area contributed by atoms with Crippen LogP contribution in [0.2, 0.25) is 0 Å². The molecule has 0 atom stereocenters. The third kappa shape index (κ3) is 4.06. The van der Waals surface area contributed by atoms with E-state index in [-0.39, 0.29) is 11.4 Å². The molecule has 0 saturated carbocycles. The Hall–Kier alpha value is -2.60. The molecular weight excluding hydrogens is 348 g/mol. The Morgan fingerprint density at radius 2 is 1.81 bits per heavy atom. The van der Waals surface area contributed by atoms with Crippen LogP contribution >= 0.6 is 0 Å². The second-order valence-electron chi connectivity index (χ2n) is 7.21. The standard InChI is InChI=1S/C21H21F2N3O/c22-17-3-1-2-16(10-17)12-25-8-6-15(7-9-25)13-26-14-24-20-11-18(23)4-5-19(20)21(26)27/h1-5,10-11,14-15H,6-9,12-13H2. The fraction of sp³-hybridized carbons (Fsp3) is 0.333. The van der Waals surface area contributed by atoms with E-state index in [0.29, 0.717) is 23.4 Å². The van der Waals surface area contributed by atoms with Crippen molar-refractivity contribution in [1.29, 1.82) is 0 Å². The van der Waals surface area contributed by atoms with Crippen LogP contribution in [-0.4, -0.2) is 27.5 Å². The predicted octanol–water partition coefficient (Wildman–Crippen LogP) is 3.59. The van der Waals surface area contributed by atoms with Crippen LogP contribution in [0.3, 0.4) is 0 Å². The summed E-state index contributed by atoms with van der Waals surface area (Å²) in [5.74, 6) is -0.200. The van der Waals surface area contributed by atoms with Crippen LogP contribution in [0, 0.1) is 17.6 Å². The van der Waals surface area contributed by atoms with E-state index < -0.39 is 5.82 Å². The summed E-state index contributed by atoms with van der Waals surface area (Å²) in [5, 5.41) is 0.447. The molecule has 0 radical (unpaired) electrons. The minimum absolute atomic E-state index is 0.123. The van der Waals surface area contributed by atoms with E-state index in [9.17, 15) is 13.6 Å². The first-order chi connectivity index (χ1) is 13.1. The quantitative estimate of drug-likeness (QED) is 0.705. The molecule has 0 bridgehead atoms. The molecule has 27 heavy (non-hydrogen) atoms. The molecule has 4 nitrogen and oxygen atoms in total. The maximum Gasteiger partial charge on any atom is 0.261 e. The Balaban J connectivity index is 1.39. The second kappa shape index (κ2) is 7.56. The largest absolute Gasteiger partial charge is 0.299 e. The summed E-state index contributed by atoms with van der Waals surface area (Å²) in [7, 11) is 0. The molecule has 140 valence electrons. The Morgan fingerprint density at radius 1 is 1.04 bits per heavy atom. The molecule has 3 aromatic rings. The molecular formula is C21H21F2N3O. The average molecular weight is 369 g/mol. The SMILES string of the molecule is O=c1c2ccc(F)cc2ncn1CC1CCN(Cc2cccc(F)c2)CC1. The van der Waals surface area contributed by atoms with Gasteiger partial charge in [-0.05, 0) is 61.7 Å². The van der Waals surface area contributed by atoms with Crippen molar-refractivity contribution in [3.05, 3.63) is 76.3 Å². The molecule has 2 aromatic carbocycles. The highest BCUT2D eigenvalue weighted by Gasteiger charge is 2.20. The lowest BCUT2D eigenvalue weighted by Crippen LogP contribution is -2.36. The van der Waals surface area contributed by atoms with Crippen molar-refractivity contribution in [2.45, 2.75) is 25.9 Å². The van der Waals surface area contributed by atoms with Crippen molar-refractivity contribution in [3.8, 4) is 0 Å². The van der Waals surface area contributed by atoms with Gasteiger partial charge in [-0.3, -0.25) is 14.3 Å². The number of likely N-dealkylation sites (tertiary alicyclic amines) is 1. The number of aromatic nitrogens is 2. The lowest BCUT2D eigenvalue weighted by molar-refractivity contribution is 0.166. The minimum atomic E-state index is -0.391. The second-order valence-corrected chi connectivity index (χ2v) is 7.21. The summed E-state index contributed by atoms with van der Waals surface area (Å²) in [5.41, 5.74) is 1.25. The summed E-state index contributed by atoms with van der Waals surface area (Å²) in [6, 6.07) is 10.8. The van der Waals surface area contributed by atoms with Crippen LogP contribution < -0.4 is 5.56 Å². The van der Waals surface area contributed by atoms with Gasteiger partial charge in [0, 0.05) is 19.2 Å². The van der Waals surface area contributed by atoms with E-state index in [1.165, 1.54) is 30.6 Å². The van der Waals surface area contributed by atoms with Gasteiger partial charge in [-0.2, -0.15) is 0 Å². The van der Waals surface area contributed by atoms with E-state index >= 15 is 0 Å². The van der Waals surface area contributed by atoms with Crippen LogP contribution in [0.4, 0.5) is 8.78 Å². The summed E-state index contributed by atoms with van der Waals surface area (Å²) in [4.78, 5) is 19.1. The lowest BCUT2D eigenvalue weighted by atomic mass is 9.96. The monoisotopic (exact) mass is 369 g/mol. The first kappa shape index (κ1) is 17.8. The molecule has 1 aromatic heterocycles. The summed E-state index contributed by atoms with van der Waals surface area (Å²) >= 11 is 0. The first-order valence-corrected chi connectivity index (χ1v) is 9.20. The van der Waals surface area contributed by atoms with Gasteiger partial charge in [0.05, 0.1) is 17.2 Å². The van der Waals surface area contributed by atoms with Gasteiger partial charge in [0.2, 0.25) is 0 Å². The number of benzene rings is 2. The molecule has 2 heterocycles. The number of nitrogens with zero attached hydrogens (tertiary/aromatic N) is 3. The Kier molecular flexibility index (Phi) is 4.99. The number of rotatable bonds is 4. The van der Waals surface area contributed by atoms with E-state index in [2.05, 4.69) is 9.88 Å². The number of hydrogen-bond acceptors (Lipinski definition) is 3. The van der Waals surface area contributed by atoms with E-state index in [1.807, 2.05) is 6.07 Å². The van der Waals surface area contributed by atoms with Gasteiger partial charge in [-0.25, -0.2) is 13.8 Å². The van der Waals surface area contributed by atoms with E-state index in [0.717, 1.165) is 38.0 Å². The van der Waals surface area contributed by atoms with Crippen molar-refractivity contribution in [1.82, 2.24) is 14.5 Å². The van der Waals surface area contributed by atoms with Gasteiger partial charge in [0.15, 0.2) is 0 Å². The van der Waals surface area contributed by atoms with Crippen LogP contribution in [0.25, 0.3) is 10.9 Å². The maximum absolute atomic E-state index is 13.3. The zero-order valence-electron chi connectivity index (χ0n) is 14.9. The number of fused-ring (bicyclic) bond motifs is 1. The molecule has 4 rings (SSSR count). The normalized spacial score (nSPS) is 16.1. The zero-order valence-corrected chi connectivity index (χ0v) is 14.9.